The maximum absolute atomic E-state index is 11.2. The van der Waals surface area contributed by atoms with Gasteiger partial charge in [0.2, 0.25) is 5.91 Å². The van der Waals surface area contributed by atoms with Crippen LogP contribution in [0.15, 0.2) is 18.5 Å². The Kier molecular flexibility index (Phi) is 4.26. The van der Waals surface area contributed by atoms with Crippen molar-refractivity contribution in [2.75, 3.05) is 18.4 Å². The number of amides is 1. The Bertz CT molecular complexity index is 393. The molecule has 1 rings (SSSR count). The molecule has 0 saturated heterocycles. The number of aromatic nitrogens is 1. The van der Waals surface area contributed by atoms with E-state index in [-0.39, 0.29) is 18.0 Å². The number of hydrogen-bond acceptors (Lipinski definition) is 4. The second kappa shape index (κ2) is 5.69. The van der Waals surface area contributed by atoms with E-state index in [0.29, 0.717) is 12.2 Å². The van der Waals surface area contributed by atoms with Crippen molar-refractivity contribution in [2.45, 2.75) is 6.92 Å². The molecule has 1 amide bonds. The van der Waals surface area contributed by atoms with Crippen molar-refractivity contribution < 1.29 is 14.7 Å². The first-order chi connectivity index (χ1) is 7.65. The molecule has 1 aromatic rings. The number of likely N-dealkylation sites (N-methyl/N-ethyl adjacent to an activating group) is 1. The van der Waals surface area contributed by atoms with Crippen molar-refractivity contribution in [2.24, 2.45) is 0 Å². The van der Waals surface area contributed by atoms with Gasteiger partial charge >= 0.3 is 5.97 Å². The molecular formula is C10H13N3O3. The van der Waals surface area contributed by atoms with Crippen molar-refractivity contribution in [1.29, 1.82) is 0 Å². The molecule has 0 atom stereocenters. The number of aromatic carboxylic acids is 1. The number of nitrogens with zero attached hydrogens (tertiary/aromatic N) is 1. The fraction of sp³-hybridized carbons (Fsp3) is 0.300. The van der Waals surface area contributed by atoms with E-state index in [9.17, 15) is 9.59 Å². The second-order valence-electron chi connectivity index (χ2n) is 3.03. The lowest BCUT2D eigenvalue weighted by atomic mass is 10.2. The van der Waals surface area contributed by atoms with Gasteiger partial charge in [0, 0.05) is 12.7 Å². The van der Waals surface area contributed by atoms with Crippen molar-refractivity contribution in [3.8, 4) is 0 Å². The van der Waals surface area contributed by atoms with Gasteiger partial charge in [-0.25, -0.2) is 4.79 Å². The van der Waals surface area contributed by atoms with Crippen molar-refractivity contribution in [3.63, 3.8) is 0 Å². The predicted molar refractivity (Wildman–Crippen MR) is 58.4 cm³/mol. The molecule has 16 heavy (non-hydrogen) atoms. The predicted octanol–water partition coefficient (Wildman–Crippen LogP) is 0.328. The number of carboxylic acid groups (broad SMARTS) is 1. The summed E-state index contributed by atoms with van der Waals surface area (Å²) in [5, 5.41) is 14.2. The number of carboxylic acids is 1. The van der Waals surface area contributed by atoms with Gasteiger partial charge in [-0.3, -0.25) is 9.78 Å². The Hall–Kier alpha value is -2.11. The Morgan fingerprint density at radius 1 is 1.50 bits per heavy atom. The summed E-state index contributed by atoms with van der Waals surface area (Å²) < 4.78 is 0. The smallest absolute Gasteiger partial charge is 0.337 e. The normalized spacial score (nSPS) is 9.56. The van der Waals surface area contributed by atoms with Gasteiger partial charge in [0.25, 0.3) is 0 Å². The summed E-state index contributed by atoms with van der Waals surface area (Å²) in [6, 6.07) is 1.38. The number of hydrogen-bond donors (Lipinski definition) is 3. The minimum Gasteiger partial charge on any atom is -0.478 e. The van der Waals surface area contributed by atoms with Crippen LogP contribution in [0, 0.1) is 0 Å². The Morgan fingerprint density at radius 2 is 2.25 bits per heavy atom. The van der Waals surface area contributed by atoms with Gasteiger partial charge < -0.3 is 15.7 Å². The quantitative estimate of drug-likeness (QED) is 0.669. The van der Waals surface area contributed by atoms with Crippen molar-refractivity contribution >= 4 is 17.6 Å². The first-order valence-corrected chi connectivity index (χ1v) is 4.83. The van der Waals surface area contributed by atoms with Crippen LogP contribution < -0.4 is 10.6 Å². The molecule has 3 N–H and O–H groups in total. The highest BCUT2D eigenvalue weighted by Crippen LogP contribution is 2.12. The zero-order valence-electron chi connectivity index (χ0n) is 8.86. The molecule has 0 aliphatic carbocycles. The van der Waals surface area contributed by atoms with Gasteiger partial charge in [0.1, 0.15) is 0 Å². The highest BCUT2D eigenvalue weighted by Gasteiger charge is 2.09. The van der Waals surface area contributed by atoms with Gasteiger partial charge in [0.05, 0.1) is 24.0 Å². The molecule has 6 nitrogen and oxygen atoms in total. The number of rotatable bonds is 5. The highest BCUT2D eigenvalue weighted by molar-refractivity contribution is 5.94. The number of carbonyl (C=O) groups is 2. The molecule has 0 fully saturated rings. The molecule has 0 spiro atoms. The van der Waals surface area contributed by atoms with E-state index in [2.05, 4.69) is 15.6 Å². The summed E-state index contributed by atoms with van der Waals surface area (Å²) in [4.78, 5) is 25.8. The van der Waals surface area contributed by atoms with Gasteiger partial charge in [-0.15, -0.1) is 0 Å². The molecule has 0 aliphatic rings. The van der Waals surface area contributed by atoms with E-state index in [0.717, 1.165) is 0 Å². The van der Waals surface area contributed by atoms with E-state index < -0.39 is 5.97 Å². The number of nitrogens with one attached hydrogen (secondary N) is 2. The lowest BCUT2D eigenvalue weighted by Crippen LogP contribution is -2.29. The maximum Gasteiger partial charge on any atom is 0.337 e. The first-order valence-electron chi connectivity index (χ1n) is 4.83. The third-order valence-corrected chi connectivity index (χ3v) is 1.86. The Labute approximate surface area is 92.7 Å². The van der Waals surface area contributed by atoms with Crippen molar-refractivity contribution in [3.05, 3.63) is 24.0 Å². The molecule has 0 bridgehead atoms. The molecule has 0 aromatic carbocycles. The van der Waals surface area contributed by atoms with Crippen LogP contribution in [0.5, 0.6) is 0 Å². The molecule has 1 aromatic heterocycles. The fourth-order valence-corrected chi connectivity index (χ4v) is 1.16. The van der Waals surface area contributed by atoms with Crippen LogP contribution in [0.25, 0.3) is 0 Å². The summed E-state index contributed by atoms with van der Waals surface area (Å²) in [5.41, 5.74) is 0.431. The molecular weight excluding hydrogens is 210 g/mol. The molecule has 86 valence electrons. The average Bonchev–Trinajstić information content (AvgIpc) is 2.27. The zero-order chi connectivity index (χ0) is 12.0. The van der Waals surface area contributed by atoms with Gasteiger partial charge in [-0.1, -0.05) is 0 Å². The molecule has 0 saturated carbocycles. The molecule has 0 unspecified atom stereocenters. The molecule has 6 heteroatoms. The van der Waals surface area contributed by atoms with Crippen LogP contribution in [0.1, 0.15) is 17.3 Å². The topological polar surface area (TPSA) is 91.3 Å². The van der Waals surface area contributed by atoms with Gasteiger partial charge in [0.15, 0.2) is 0 Å². The maximum atomic E-state index is 11.2. The molecule has 1 heterocycles. The standard InChI is InChI=1S/C10H13N3O3/c1-2-12-9(14)6-13-8-5-11-4-3-7(8)10(15)16/h3-5,13H,2,6H2,1H3,(H,12,14)(H,15,16). The van der Waals surface area contributed by atoms with E-state index in [4.69, 9.17) is 5.11 Å². The van der Waals surface area contributed by atoms with E-state index in [1.807, 2.05) is 6.92 Å². The number of carbonyl (C=O) groups excluding carboxylic acids is 1. The highest BCUT2D eigenvalue weighted by atomic mass is 16.4. The summed E-state index contributed by atoms with van der Waals surface area (Å²) >= 11 is 0. The van der Waals surface area contributed by atoms with Crippen LogP contribution in [0.3, 0.4) is 0 Å². The lowest BCUT2D eigenvalue weighted by molar-refractivity contribution is -0.119. The Balaban J connectivity index is 2.66. The fourth-order valence-electron chi connectivity index (χ4n) is 1.16. The van der Waals surface area contributed by atoms with Crippen LogP contribution in [-0.4, -0.2) is 35.1 Å². The average molecular weight is 223 g/mol. The summed E-state index contributed by atoms with van der Waals surface area (Å²) in [7, 11) is 0. The zero-order valence-corrected chi connectivity index (χ0v) is 8.86. The van der Waals surface area contributed by atoms with Crippen LogP contribution in [-0.2, 0) is 4.79 Å². The van der Waals surface area contributed by atoms with Gasteiger partial charge in [-0.05, 0) is 13.0 Å². The van der Waals surface area contributed by atoms with E-state index in [1.165, 1.54) is 18.5 Å². The Morgan fingerprint density at radius 3 is 2.88 bits per heavy atom. The first kappa shape index (κ1) is 12.0. The monoisotopic (exact) mass is 223 g/mol. The molecule has 0 radical (unpaired) electrons. The van der Waals surface area contributed by atoms with Crippen LogP contribution in [0.4, 0.5) is 5.69 Å². The minimum absolute atomic E-state index is 0.0276. The van der Waals surface area contributed by atoms with Gasteiger partial charge in [-0.2, -0.15) is 0 Å². The number of anilines is 1. The van der Waals surface area contributed by atoms with E-state index >= 15 is 0 Å². The van der Waals surface area contributed by atoms with Crippen LogP contribution >= 0.6 is 0 Å². The third kappa shape index (κ3) is 3.23. The SMILES string of the molecule is CCNC(=O)CNc1cnccc1C(=O)O. The third-order valence-electron chi connectivity index (χ3n) is 1.86. The largest absolute Gasteiger partial charge is 0.478 e. The summed E-state index contributed by atoms with van der Waals surface area (Å²) in [6.07, 6.45) is 2.77. The lowest BCUT2D eigenvalue weighted by Gasteiger charge is -2.08. The second-order valence-corrected chi connectivity index (χ2v) is 3.03. The summed E-state index contributed by atoms with van der Waals surface area (Å²) in [6.45, 7) is 2.38. The number of pyridine rings is 1. The van der Waals surface area contributed by atoms with Crippen molar-refractivity contribution in [1.82, 2.24) is 10.3 Å². The molecule has 0 aliphatic heterocycles. The van der Waals surface area contributed by atoms with E-state index in [1.54, 1.807) is 0 Å². The summed E-state index contributed by atoms with van der Waals surface area (Å²) in [5.74, 6) is -1.25. The minimum atomic E-state index is -1.05. The van der Waals surface area contributed by atoms with Crippen LogP contribution in [0.2, 0.25) is 0 Å².